The quantitative estimate of drug-likeness (QED) is 0.853. The van der Waals surface area contributed by atoms with Crippen molar-refractivity contribution >= 4 is 17.5 Å². The van der Waals surface area contributed by atoms with Crippen LogP contribution in [0.3, 0.4) is 0 Å². The van der Waals surface area contributed by atoms with E-state index in [1.807, 2.05) is 18.7 Å². The van der Waals surface area contributed by atoms with Crippen LogP contribution in [0.25, 0.3) is 0 Å². The Bertz CT molecular complexity index is 428. The highest BCUT2D eigenvalue weighted by Crippen LogP contribution is 2.17. The fourth-order valence-electron chi connectivity index (χ4n) is 2.07. The standard InChI is InChI=1S/C13H18ClN3O2/c1-9(2)12(18)17-5-3-11(4-6-17)19-13-15-7-10(14)8-16-13/h7-9,11H,3-6H2,1-2H3. The molecule has 1 amide bonds. The number of halogens is 1. The van der Waals surface area contributed by atoms with Crippen molar-refractivity contribution in [1.82, 2.24) is 14.9 Å². The molecule has 0 spiro atoms. The van der Waals surface area contributed by atoms with Gasteiger partial charge in [-0.3, -0.25) is 4.79 Å². The fraction of sp³-hybridized carbons (Fsp3) is 0.615. The molecule has 0 unspecified atom stereocenters. The maximum Gasteiger partial charge on any atom is 0.316 e. The number of nitrogens with zero attached hydrogens (tertiary/aromatic N) is 3. The number of carbonyl (C=O) groups is 1. The van der Waals surface area contributed by atoms with Crippen molar-refractivity contribution in [3.63, 3.8) is 0 Å². The largest absolute Gasteiger partial charge is 0.460 e. The molecule has 2 rings (SSSR count). The number of carbonyl (C=O) groups excluding carboxylic acids is 1. The molecule has 1 aromatic rings. The van der Waals surface area contributed by atoms with E-state index in [0.717, 1.165) is 25.9 Å². The minimum atomic E-state index is 0.0528. The van der Waals surface area contributed by atoms with Gasteiger partial charge in [-0.2, -0.15) is 0 Å². The number of ether oxygens (including phenoxy) is 1. The van der Waals surface area contributed by atoms with Crippen LogP contribution in [0, 0.1) is 5.92 Å². The van der Waals surface area contributed by atoms with Crippen molar-refractivity contribution in [1.29, 1.82) is 0 Å². The molecule has 1 aromatic heterocycles. The van der Waals surface area contributed by atoms with Crippen LogP contribution in [0.4, 0.5) is 0 Å². The number of hydrogen-bond acceptors (Lipinski definition) is 4. The molecule has 5 nitrogen and oxygen atoms in total. The van der Waals surface area contributed by atoms with Crippen molar-refractivity contribution < 1.29 is 9.53 Å². The lowest BCUT2D eigenvalue weighted by atomic mass is 10.1. The molecule has 6 heteroatoms. The molecule has 0 bridgehead atoms. The van der Waals surface area contributed by atoms with Crippen LogP contribution < -0.4 is 4.74 Å². The molecule has 0 aliphatic carbocycles. The lowest BCUT2D eigenvalue weighted by molar-refractivity contribution is -0.136. The van der Waals surface area contributed by atoms with Crippen LogP contribution in [0.15, 0.2) is 12.4 Å². The summed E-state index contributed by atoms with van der Waals surface area (Å²) in [4.78, 5) is 21.8. The lowest BCUT2D eigenvalue weighted by Crippen LogP contribution is -2.43. The van der Waals surface area contributed by atoms with Gasteiger partial charge in [0.1, 0.15) is 6.10 Å². The minimum Gasteiger partial charge on any atom is -0.460 e. The summed E-state index contributed by atoms with van der Waals surface area (Å²) < 4.78 is 5.68. The van der Waals surface area contributed by atoms with Gasteiger partial charge in [-0.15, -0.1) is 0 Å². The molecule has 2 heterocycles. The molecular weight excluding hydrogens is 266 g/mol. The normalized spacial score (nSPS) is 16.7. The van der Waals surface area contributed by atoms with E-state index in [-0.39, 0.29) is 17.9 Å². The van der Waals surface area contributed by atoms with Gasteiger partial charge in [0.05, 0.1) is 17.4 Å². The number of hydrogen-bond donors (Lipinski definition) is 0. The van der Waals surface area contributed by atoms with E-state index in [2.05, 4.69) is 9.97 Å². The van der Waals surface area contributed by atoms with Gasteiger partial charge in [0.2, 0.25) is 5.91 Å². The fourth-order valence-corrected chi connectivity index (χ4v) is 2.17. The highest BCUT2D eigenvalue weighted by Gasteiger charge is 2.25. The second-order valence-electron chi connectivity index (χ2n) is 4.98. The third-order valence-corrected chi connectivity index (χ3v) is 3.31. The molecule has 104 valence electrons. The van der Waals surface area contributed by atoms with E-state index in [9.17, 15) is 4.79 Å². The van der Waals surface area contributed by atoms with Crippen LogP contribution in [0.1, 0.15) is 26.7 Å². The number of amides is 1. The third-order valence-electron chi connectivity index (χ3n) is 3.12. The Morgan fingerprint density at radius 3 is 2.47 bits per heavy atom. The zero-order valence-corrected chi connectivity index (χ0v) is 11.9. The third kappa shape index (κ3) is 3.80. The van der Waals surface area contributed by atoms with E-state index in [1.54, 1.807) is 0 Å². The molecule has 1 aliphatic heterocycles. The number of rotatable bonds is 3. The van der Waals surface area contributed by atoms with E-state index in [1.165, 1.54) is 12.4 Å². The summed E-state index contributed by atoms with van der Waals surface area (Å²) in [6.45, 7) is 5.31. The molecule has 1 fully saturated rings. The van der Waals surface area contributed by atoms with Gasteiger partial charge in [-0.25, -0.2) is 9.97 Å². The average Bonchev–Trinajstić information content (AvgIpc) is 2.41. The maximum absolute atomic E-state index is 11.8. The SMILES string of the molecule is CC(C)C(=O)N1CCC(Oc2ncc(Cl)cn2)CC1. The van der Waals surface area contributed by atoms with Crippen molar-refractivity contribution in [3.8, 4) is 6.01 Å². The molecule has 19 heavy (non-hydrogen) atoms. The summed E-state index contributed by atoms with van der Waals surface area (Å²) in [7, 11) is 0. The van der Waals surface area contributed by atoms with Crippen LogP contribution in [-0.2, 0) is 4.79 Å². The Hall–Kier alpha value is -1.36. The minimum absolute atomic E-state index is 0.0528. The summed E-state index contributed by atoms with van der Waals surface area (Å²) in [6, 6.07) is 0.345. The van der Waals surface area contributed by atoms with Gasteiger partial charge in [0.25, 0.3) is 0 Å². The van der Waals surface area contributed by atoms with E-state index in [4.69, 9.17) is 16.3 Å². The van der Waals surface area contributed by atoms with E-state index in [0.29, 0.717) is 11.0 Å². The highest BCUT2D eigenvalue weighted by molar-refractivity contribution is 6.30. The summed E-state index contributed by atoms with van der Waals surface area (Å²) in [6.07, 6.45) is 4.72. The van der Waals surface area contributed by atoms with Crippen LogP contribution in [0.5, 0.6) is 6.01 Å². The van der Waals surface area contributed by atoms with Gasteiger partial charge in [0.15, 0.2) is 0 Å². The van der Waals surface area contributed by atoms with Crippen molar-refractivity contribution in [2.24, 2.45) is 5.92 Å². The monoisotopic (exact) mass is 283 g/mol. The van der Waals surface area contributed by atoms with Crippen LogP contribution in [0.2, 0.25) is 5.02 Å². The zero-order chi connectivity index (χ0) is 13.8. The van der Waals surface area contributed by atoms with Crippen molar-refractivity contribution in [2.75, 3.05) is 13.1 Å². The molecule has 1 saturated heterocycles. The molecule has 0 saturated carbocycles. The van der Waals surface area contributed by atoms with Gasteiger partial charge < -0.3 is 9.64 Å². The first-order chi connectivity index (χ1) is 9.06. The Kier molecular flexibility index (Phi) is 4.58. The molecule has 0 N–H and O–H groups in total. The number of aromatic nitrogens is 2. The lowest BCUT2D eigenvalue weighted by Gasteiger charge is -2.32. The summed E-state index contributed by atoms with van der Waals surface area (Å²) in [5.74, 6) is 0.262. The Morgan fingerprint density at radius 2 is 1.95 bits per heavy atom. The summed E-state index contributed by atoms with van der Waals surface area (Å²) >= 11 is 5.71. The second-order valence-corrected chi connectivity index (χ2v) is 5.42. The van der Waals surface area contributed by atoms with Crippen LogP contribution >= 0.6 is 11.6 Å². The van der Waals surface area contributed by atoms with Gasteiger partial charge in [0, 0.05) is 31.8 Å². The summed E-state index contributed by atoms with van der Waals surface area (Å²) in [5.41, 5.74) is 0. The first-order valence-electron chi connectivity index (χ1n) is 6.49. The predicted octanol–water partition coefficient (Wildman–Crippen LogP) is 2.16. The topological polar surface area (TPSA) is 55.3 Å². The van der Waals surface area contributed by atoms with Crippen molar-refractivity contribution in [3.05, 3.63) is 17.4 Å². The number of likely N-dealkylation sites (tertiary alicyclic amines) is 1. The highest BCUT2D eigenvalue weighted by atomic mass is 35.5. The molecular formula is C13H18ClN3O2. The maximum atomic E-state index is 11.8. The zero-order valence-electron chi connectivity index (χ0n) is 11.2. The van der Waals surface area contributed by atoms with E-state index < -0.39 is 0 Å². The first kappa shape index (κ1) is 14.1. The molecule has 0 radical (unpaired) electrons. The van der Waals surface area contributed by atoms with Gasteiger partial charge in [-0.1, -0.05) is 25.4 Å². The Morgan fingerprint density at radius 1 is 1.37 bits per heavy atom. The molecule has 1 aliphatic rings. The van der Waals surface area contributed by atoms with Crippen LogP contribution in [-0.4, -0.2) is 40.0 Å². The van der Waals surface area contributed by atoms with Gasteiger partial charge in [-0.05, 0) is 0 Å². The molecule has 0 atom stereocenters. The second kappa shape index (κ2) is 6.19. The van der Waals surface area contributed by atoms with E-state index >= 15 is 0 Å². The van der Waals surface area contributed by atoms with Crippen molar-refractivity contribution in [2.45, 2.75) is 32.8 Å². The van der Waals surface area contributed by atoms with Gasteiger partial charge >= 0.3 is 6.01 Å². The Labute approximate surface area is 117 Å². The average molecular weight is 284 g/mol. The predicted molar refractivity (Wildman–Crippen MR) is 72.1 cm³/mol. The number of piperidine rings is 1. The first-order valence-corrected chi connectivity index (χ1v) is 6.87. The molecule has 0 aromatic carbocycles. The smallest absolute Gasteiger partial charge is 0.316 e. The summed E-state index contributed by atoms with van der Waals surface area (Å²) in [5, 5.41) is 0.490. The Balaban J connectivity index is 1.83.